The molecule has 1 unspecified atom stereocenters. The van der Waals surface area contributed by atoms with Gasteiger partial charge in [0, 0.05) is 33.0 Å². The van der Waals surface area contributed by atoms with Crippen LogP contribution in [0.2, 0.25) is 0 Å². The molecule has 0 amide bonds. The average Bonchev–Trinajstić information content (AvgIpc) is 3.12. The molecule has 0 radical (unpaired) electrons. The molecule has 1 rings (SSSR count). The van der Waals surface area contributed by atoms with Crippen LogP contribution in [0.4, 0.5) is 0 Å². The summed E-state index contributed by atoms with van der Waals surface area (Å²) in [6.07, 6.45) is 5.14. The fraction of sp³-hybridized carbons (Fsp3) is 0.923. The zero-order valence-corrected chi connectivity index (χ0v) is 11.0. The van der Waals surface area contributed by atoms with Crippen LogP contribution in [0, 0.1) is 11.3 Å². The van der Waals surface area contributed by atoms with Crippen molar-refractivity contribution in [3.63, 3.8) is 0 Å². The van der Waals surface area contributed by atoms with Crippen molar-refractivity contribution in [3.8, 4) is 6.07 Å². The first-order valence-corrected chi connectivity index (χ1v) is 6.46. The van der Waals surface area contributed by atoms with E-state index >= 15 is 0 Å². The molecule has 1 N–H and O–H groups in total. The number of nitrogens with zero attached hydrogens (tertiary/aromatic N) is 1. The van der Waals surface area contributed by atoms with E-state index in [9.17, 15) is 0 Å². The molecule has 1 atom stereocenters. The second-order valence-corrected chi connectivity index (χ2v) is 4.92. The molecule has 0 aromatic carbocycles. The van der Waals surface area contributed by atoms with Crippen molar-refractivity contribution in [3.05, 3.63) is 0 Å². The van der Waals surface area contributed by atoms with Crippen molar-refractivity contribution >= 4 is 0 Å². The molecule has 17 heavy (non-hydrogen) atoms. The van der Waals surface area contributed by atoms with Gasteiger partial charge in [0.25, 0.3) is 0 Å². The lowest BCUT2D eigenvalue weighted by Crippen LogP contribution is -2.42. The number of methoxy groups -OCH3 is 1. The highest BCUT2D eigenvalue weighted by atomic mass is 16.5. The van der Waals surface area contributed by atoms with Crippen molar-refractivity contribution in [2.75, 3.05) is 26.9 Å². The SMILES string of the molecule is COCCCOCCCC(C)(C#N)NC1CC1. The van der Waals surface area contributed by atoms with Crippen LogP contribution in [-0.2, 0) is 9.47 Å². The third kappa shape index (κ3) is 6.62. The van der Waals surface area contributed by atoms with Crippen LogP contribution >= 0.6 is 0 Å². The smallest absolute Gasteiger partial charge is 0.104 e. The Balaban J connectivity index is 2.01. The van der Waals surface area contributed by atoms with Gasteiger partial charge in [-0.25, -0.2) is 0 Å². The van der Waals surface area contributed by atoms with Gasteiger partial charge < -0.3 is 9.47 Å². The molecule has 1 aliphatic carbocycles. The number of nitrogens with one attached hydrogen (secondary N) is 1. The van der Waals surface area contributed by atoms with Crippen LogP contribution < -0.4 is 5.32 Å². The van der Waals surface area contributed by atoms with E-state index in [0.717, 1.165) is 39.1 Å². The molecule has 0 aliphatic heterocycles. The fourth-order valence-electron chi connectivity index (χ4n) is 1.77. The number of nitriles is 1. The quantitative estimate of drug-likeness (QED) is 0.592. The van der Waals surface area contributed by atoms with E-state index in [-0.39, 0.29) is 5.54 Å². The Kier molecular flexibility index (Phi) is 6.49. The van der Waals surface area contributed by atoms with Gasteiger partial charge in [0.2, 0.25) is 0 Å². The van der Waals surface area contributed by atoms with Crippen LogP contribution in [-0.4, -0.2) is 38.5 Å². The molecule has 4 heteroatoms. The van der Waals surface area contributed by atoms with Crippen LogP contribution in [0.25, 0.3) is 0 Å². The minimum absolute atomic E-state index is 0.378. The maximum Gasteiger partial charge on any atom is 0.104 e. The lowest BCUT2D eigenvalue weighted by Gasteiger charge is -2.23. The second-order valence-electron chi connectivity index (χ2n) is 4.92. The largest absolute Gasteiger partial charge is 0.385 e. The maximum atomic E-state index is 9.16. The monoisotopic (exact) mass is 240 g/mol. The van der Waals surface area contributed by atoms with Crippen molar-refractivity contribution in [1.29, 1.82) is 5.26 Å². The normalized spacial score (nSPS) is 18.6. The molecular formula is C13H24N2O2. The molecule has 4 nitrogen and oxygen atoms in total. The fourth-order valence-corrected chi connectivity index (χ4v) is 1.77. The topological polar surface area (TPSA) is 54.3 Å². The summed E-state index contributed by atoms with van der Waals surface area (Å²) in [5, 5.41) is 12.6. The number of hydrogen-bond acceptors (Lipinski definition) is 4. The lowest BCUT2D eigenvalue weighted by atomic mass is 9.98. The first kappa shape index (κ1) is 14.4. The van der Waals surface area contributed by atoms with E-state index in [0.29, 0.717) is 6.04 Å². The van der Waals surface area contributed by atoms with Crippen molar-refractivity contribution in [2.24, 2.45) is 0 Å². The zero-order valence-electron chi connectivity index (χ0n) is 11.0. The highest BCUT2D eigenvalue weighted by Gasteiger charge is 2.31. The van der Waals surface area contributed by atoms with Gasteiger partial charge in [-0.1, -0.05) is 0 Å². The van der Waals surface area contributed by atoms with E-state index in [2.05, 4.69) is 11.4 Å². The van der Waals surface area contributed by atoms with Gasteiger partial charge in [-0.15, -0.1) is 0 Å². The Labute approximate surface area is 104 Å². The van der Waals surface area contributed by atoms with E-state index < -0.39 is 0 Å². The summed E-state index contributed by atoms with van der Waals surface area (Å²) >= 11 is 0. The van der Waals surface area contributed by atoms with Crippen molar-refractivity contribution in [1.82, 2.24) is 5.32 Å². The van der Waals surface area contributed by atoms with Gasteiger partial charge >= 0.3 is 0 Å². The molecule has 0 bridgehead atoms. The summed E-state index contributed by atoms with van der Waals surface area (Å²) in [4.78, 5) is 0. The number of rotatable bonds is 10. The molecule has 0 aromatic heterocycles. The van der Waals surface area contributed by atoms with Crippen molar-refractivity contribution < 1.29 is 9.47 Å². The first-order chi connectivity index (χ1) is 8.20. The van der Waals surface area contributed by atoms with Gasteiger partial charge in [0.05, 0.1) is 6.07 Å². The third-order valence-corrected chi connectivity index (χ3v) is 2.95. The Morgan fingerprint density at radius 2 is 2.00 bits per heavy atom. The Morgan fingerprint density at radius 3 is 2.59 bits per heavy atom. The maximum absolute atomic E-state index is 9.16. The van der Waals surface area contributed by atoms with Gasteiger partial charge in [-0.3, -0.25) is 5.32 Å². The van der Waals surface area contributed by atoms with E-state index in [1.807, 2.05) is 6.92 Å². The molecule has 1 saturated carbocycles. The van der Waals surface area contributed by atoms with E-state index in [4.69, 9.17) is 14.7 Å². The van der Waals surface area contributed by atoms with Crippen LogP contribution in [0.15, 0.2) is 0 Å². The predicted molar refractivity (Wildman–Crippen MR) is 66.7 cm³/mol. The van der Waals surface area contributed by atoms with Gasteiger partial charge in [0.15, 0.2) is 0 Å². The molecule has 1 fully saturated rings. The Bertz CT molecular complexity index is 248. The Morgan fingerprint density at radius 1 is 1.29 bits per heavy atom. The van der Waals surface area contributed by atoms with Crippen LogP contribution in [0.3, 0.4) is 0 Å². The molecule has 1 aliphatic rings. The van der Waals surface area contributed by atoms with E-state index in [1.165, 1.54) is 12.8 Å². The molecule has 0 aromatic rings. The second kappa shape index (κ2) is 7.65. The molecule has 0 spiro atoms. The summed E-state index contributed by atoms with van der Waals surface area (Å²) in [7, 11) is 1.70. The zero-order chi connectivity index (χ0) is 12.6. The summed E-state index contributed by atoms with van der Waals surface area (Å²) in [6.45, 7) is 4.20. The van der Waals surface area contributed by atoms with Crippen LogP contribution in [0.5, 0.6) is 0 Å². The minimum atomic E-state index is -0.378. The van der Waals surface area contributed by atoms with Gasteiger partial charge in [0.1, 0.15) is 5.54 Å². The number of ether oxygens (including phenoxy) is 2. The lowest BCUT2D eigenvalue weighted by molar-refractivity contribution is 0.0978. The average molecular weight is 240 g/mol. The predicted octanol–water partition coefficient (Wildman–Crippen LogP) is 1.85. The highest BCUT2D eigenvalue weighted by Crippen LogP contribution is 2.24. The molecular weight excluding hydrogens is 216 g/mol. The van der Waals surface area contributed by atoms with Crippen LogP contribution in [0.1, 0.15) is 39.0 Å². The molecule has 0 saturated heterocycles. The minimum Gasteiger partial charge on any atom is -0.385 e. The Hall–Kier alpha value is -0.630. The number of hydrogen-bond donors (Lipinski definition) is 1. The summed E-state index contributed by atoms with van der Waals surface area (Å²) < 4.78 is 10.4. The highest BCUT2D eigenvalue weighted by molar-refractivity contribution is 5.06. The standard InChI is InChI=1S/C13H24N2O2/c1-13(11-14,15-12-5-6-12)7-3-9-17-10-4-8-16-2/h12,15H,3-10H2,1-2H3. The van der Waals surface area contributed by atoms with Gasteiger partial charge in [-0.05, 0) is 39.0 Å². The first-order valence-electron chi connectivity index (χ1n) is 6.46. The van der Waals surface area contributed by atoms with Crippen molar-refractivity contribution in [2.45, 2.75) is 50.6 Å². The summed E-state index contributed by atoms with van der Waals surface area (Å²) in [5.74, 6) is 0. The summed E-state index contributed by atoms with van der Waals surface area (Å²) in [6, 6.07) is 2.95. The van der Waals surface area contributed by atoms with Gasteiger partial charge in [-0.2, -0.15) is 5.26 Å². The molecule has 0 heterocycles. The van der Waals surface area contributed by atoms with E-state index in [1.54, 1.807) is 7.11 Å². The third-order valence-electron chi connectivity index (χ3n) is 2.95. The summed E-state index contributed by atoms with van der Waals surface area (Å²) in [5.41, 5.74) is -0.378. The molecule has 98 valence electrons.